The van der Waals surface area contributed by atoms with E-state index in [0.29, 0.717) is 11.3 Å². The Morgan fingerprint density at radius 3 is 2.50 bits per heavy atom. The SMILES string of the molecule is [2H]C([2H])([2H])c1ccc(-c2c(C)ccc3c2oc2nc(C(C)(C)C)ccc23)[n+](C)c1. The minimum atomic E-state index is -2.13. The van der Waals surface area contributed by atoms with Crippen molar-refractivity contribution in [3.05, 3.63) is 59.4 Å². The van der Waals surface area contributed by atoms with Crippen LogP contribution in [-0.2, 0) is 12.5 Å². The van der Waals surface area contributed by atoms with E-state index < -0.39 is 6.85 Å². The molecule has 132 valence electrons. The number of fused-ring (bicyclic) bond motifs is 3. The Kier molecular flexibility index (Phi) is 2.94. The molecular formula is C23H25N2O+. The van der Waals surface area contributed by atoms with E-state index in [0.717, 1.165) is 38.9 Å². The highest BCUT2D eigenvalue weighted by Crippen LogP contribution is 2.37. The van der Waals surface area contributed by atoms with E-state index in [-0.39, 0.29) is 5.41 Å². The normalized spacial score (nSPS) is 14.4. The zero-order valence-corrected chi connectivity index (χ0v) is 15.8. The van der Waals surface area contributed by atoms with Crippen LogP contribution >= 0.6 is 0 Å². The second-order valence-corrected chi connectivity index (χ2v) is 7.95. The summed E-state index contributed by atoms with van der Waals surface area (Å²) in [5.74, 6) is 0. The molecule has 26 heavy (non-hydrogen) atoms. The number of nitrogens with zero attached hydrogens (tertiary/aromatic N) is 2. The molecule has 0 bridgehead atoms. The molecule has 4 rings (SSSR count). The standard InChI is InChI=1S/C23H25N2O/c1-14-7-11-18(25(6)13-14)20-15(2)8-9-16-17-10-12-19(23(3,4)5)24-22(17)26-21(16)20/h7-13H,1-6H3/q+1/i1D3. The van der Waals surface area contributed by atoms with Crippen LogP contribution in [-0.4, -0.2) is 4.98 Å². The van der Waals surface area contributed by atoms with E-state index in [4.69, 9.17) is 13.5 Å². The molecule has 0 radical (unpaired) electrons. The Balaban J connectivity index is 1.99. The number of hydrogen-bond acceptors (Lipinski definition) is 2. The van der Waals surface area contributed by atoms with Crippen LogP contribution in [0.1, 0.15) is 41.7 Å². The third kappa shape index (κ3) is 2.59. The fraction of sp³-hybridized carbons (Fsp3) is 0.304. The van der Waals surface area contributed by atoms with Gasteiger partial charge in [-0.3, -0.25) is 0 Å². The first kappa shape index (κ1) is 13.5. The maximum absolute atomic E-state index is 7.65. The summed E-state index contributed by atoms with van der Waals surface area (Å²) in [6.45, 7) is 6.29. The number of benzene rings is 1. The Morgan fingerprint density at radius 1 is 1.04 bits per heavy atom. The lowest BCUT2D eigenvalue weighted by molar-refractivity contribution is -0.660. The summed E-state index contributed by atoms with van der Waals surface area (Å²) in [4.78, 5) is 4.77. The summed E-state index contributed by atoms with van der Waals surface area (Å²) in [6.07, 6.45) is 1.67. The molecular weight excluding hydrogens is 320 g/mol. The summed E-state index contributed by atoms with van der Waals surface area (Å²) < 4.78 is 31.1. The van der Waals surface area contributed by atoms with Gasteiger partial charge < -0.3 is 4.42 Å². The zero-order valence-electron chi connectivity index (χ0n) is 18.8. The Hall–Kier alpha value is -2.68. The van der Waals surface area contributed by atoms with Gasteiger partial charge in [-0.1, -0.05) is 32.9 Å². The molecule has 3 heteroatoms. The summed E-state index contributed by atoms with van der Waals surface area (Å²) in [7, 11) is 1.86. The van der Waals surface area contributed by atoms with Crippen molar-refractivity contribution >= 4 is 22.1 Å². The molecule has 0 spiro atoms. The zero-order chi connectivity index (χ0) is 21.1. The topological polar surface area (TPSA) is 29.9 Å². The molecule has 3 heterocycles. The molecule has 1 aromatic carbocycles. The van der Waals surface area contributed by atoms with Crippen molar-refractivity contribution in [3.8, 4) is 11.3 Å². The third-order valence-corrected chi connectivity index (χ3v) is 4.87. The van der Waals surface area contributed by atoms with Gasteiger partial charge in [-0.2, -0.15) is 0 Å². The molecule has 0 aliphatic carbocycles. The maximum Gasteiger partial charge on any atom is 0.227 e. The molecule has 0 unspecified atom stereocenters. The molecule has 0 N–H and O–H groups in total. The van der Waals surface area contributed by atoms with E-state index in [1.807, 2.05) is 24.6 Å². The monoisotopic (exact) mass is 348 g/mol. The van der Waals surface area contributed by atoms with Crippen LogP contribution in [0.4, 0.5) is 0 Å². The van der Waals surface area contributed by atoms with Crippen LogP contribution in [0.3, 0.4) is 0 Å². The number of furan rings is 1. The molecule has 0 aliphatic rings. The van der Waals surface area contributed by atoms with Crippen molar-refractivity contribution in [3.63, 3.8) is 0 Å². The van der Waals surface area contributed by atoms with Crippen molar-refractivity contribution in [2.75, 3.05) is 0 Å². The number of aromatic nitrogens is 2. The number of rotatable bonds is 1. The highest BCUT2D eigenvalue weighted by molar-refractivity contribution is 6.08. The fourth-order valence-electron chi connectivity index (χ4n) is 3.42. The van der Waals surface area contributed by atoms with Gasteiger partial charge in [0.1, 0.15) is 7.05 Å². The van der Waals surface area contributed by atoms with E-state index in [1.165, 1.54) is 0 Å². The van der Waals surface area contributed by atoms with Crippen molar-refractivity contribution in [2.24, 2.45) is 7.05 Å². The van der Waals surface area contributed by atoms with Gasteiger partial charge in [-0.25, -0.2) is 9.55 Å². The molecule has 0 aliphatic heterocycles. The number of aryl methyl sites for hydroxylation is 3. The van der Waals surface area contributed by atoms with Crippen LogP contribution in [0.25, 0.3) is 33.3 Å². The maximum atomic E-state index is 7.65. The van der Waals surface area contributed by atoms with E-state index in [1.54, 1.807) is 12.3 Å². The first-order chi connectivity index (χ1) is 13.5. The van der Waals surface area contributed by atoms with Gasteiger partial charge in [0.05, 0.1) is 5.56 Å². The van der Waals surface area contributed by atoms with Crippen LogP contribution in [0.15, 0.2) is 47.0 Å². The molecule has 0 atom stereocenters. The van der Waals surface area contributed by atoms with Gasteiger partial charge in [-0.15, -0.1) is 0 Å². The van der Waals surface area contributed by atoms with Crippen LogP contribution in [0, 0.1) is 13.8 Å². The Labute approximate surface area is 158 Å². The summed E-state index contributed by atoms with van der Waals surface area (Å²) >= 11 is 0. The first-order valence-electron chi connectivity index (χ1n) is 10.3. The van der Waals surface area contributed by atoms with Crippen molar-refractivity contribution in [1.82, 2.24) is 4.98 Å². The first-order valence-corrected chi connectivity index (χ1v) is 8.81. The second-order valence-electron chi connectivity index (χ2n) is 7.95. The van der Waals surface area contributed by atoms with Gasteiger partial charge in [0.2, 0.25) is 11.4 Å². The summed E-state index contributed by atoms with van der Waals surface area (Å²) in [5.41, 5.74) is 5.54. The number of pyridine rings is 2. The van der Waals surface area contributed by atoms with Gasteiger partial charge in [0, 0.05) is 37.6 Å². The van der Waals surface area contributed by atoms with Gasteiger partial charge in [0.15, 0.2) is 11.8 Å². The molecule has 0 saturated carbocycles. The van der Waals surface area contributed by atoms with E-state index in [9.17, 15) is 0 Å². The lowest BCUT2D eigenvalue weighted by Gasteiger charge is -2.16. The lowest BCUT2D eigenvalue weighted by atomic mass is 9.91. The third-order valence-electron chi connectivity index (χ3n) is 4.87. The lowest BCUT2D eigenvalue weighted by Crippen LogP contribution is -2.31. The highest BCUT2D eigenvalue weighted by atomic mass is 16.3. The van der Waals surface area contributed by atoms with E-state index in [2.05, 4.69) is 45.0 Å². The van der Waals surface area contributed by atoms with Crippen LogP contribution < -0.4 is 4.57 Å². The van der Waals surface area contributed by atoms with Crippen molar-refractivity contribution in [1.29, 1.82) is 0 Å². The van der Waals surface area contributed by atoms with Gasteiger partial charge >= 0.3 is 0 Å². The van der Waals surface area contributed by atoms with Gasteiger partial charge in [-0.05, 0) is 37.5 Å². The minimum absolute atomic E-state index is 0.0660. The summed E-state index contributed by atoms with van der Waals surface area (Å²) in [5, 5.41) is 1.99. The smallest absolute Gasteiger partial charge is 0.227 e. The largest absolute Gasteiger partial charge is 0.437 e. The molecule has 3 aromatic heterocycles. The molecule has 0 fully saturated rings. The van der Waals surface area contributed by atoms with Crippen molar-refractivity contribution < 1.29 is 13.1 Å². The second kappa shape index (κ2) is 5.66. The predicted molar refractivity (Wildman–Crippen MR) is 106 cm³/mol. The van der Waals surface area contributed by atoms with E-state index >= 15 is 0 Å². The fourth-order valence-corrected chi connectivity index (χ4v) is 3.42. The Morgan fingerprint density at radius 2 is 1.81 bits per heavy atom. The molecule has 3 nitrogen and oxygen atoms in total. The average Bonchev–Trinajstić information content (AvgIpc) is 2.98. The average molecular weight is 348 g/mol. The number of hydrogen-bond donors (Lipinski definition) is 0. The molecule has 4 aromatic rings. The quantitative estimate of drug-likeness (QED) is 0.432. The minimum Gasteiger partial charge on any atom is -0.437 e. The van der Waals surface area contributed by atoms with Crippen LogP contribution in [0.5, 0.6) is 0 Å². The molecule has 0 saturated heterocycles. The molecule has 0 amide bonds. The Bertz CT molecular complexity index is 1250. The highest BCUT2D eigenvalue weighted by Gasteiger charge is 2.22. The summed E-state index contributed by atoms with van der Waals surface area (Å²) in [6, 6.07) is 11.8. The van der Waals surface area contributed by atoms with Crippen molar-refractivity contribution in [2.45, 2.75) is 40.0 Å². The van der Waals surface area contributed by atoms with Gasteiger partial charge in [0.25, 0.3) is 0 Å². The predicted octanol–water partition coefficient (Wildman–Crippen LogP) is 5.39. The van der Waals surface area contributed by atoms with Crippen LogP contribution in [0.2, 0.25) is 0 Å².